The minimum Gasteiger partial charge on any atom is -0.351 e. The van der Waals surface area contributed by atoms with Crippen LogP contribution >= 0.6 is 0 Å². The third kappa shape index (κ3) is 3.40. The maximum absolute atomic E-state index is 13.3. The van der Waals surface area contributed by atoms with Crippen LogP contribution in [0.2, 0.25) is 0 Å². The number of hydrogen-bond acceptors (Lipinski definition) is 2. The first-order valence-electron chi connectivity index (χ1n) is 6.34. The van der Waals surface area contributed by atoms with Gasteiger partial charge in [0.1, 0.15) is 5.83 Å². The molecule has 0 saturated carbocycles. The average Bonchev–Trinajstić information content (AvgIpc) is 2.82. The fourth-order valence-electron chi connectivity index (χ4n) is 2.28. The quantitative estimate of drug-likeness (QED) is 0.809. The highest BCUT2D eigenvalue weighted by Crippen LogP contribution is 2.19. The monoisotopic (exact) mass is 238 g/mol. The van der Waals surface area contributed by atoms with Gasteiger partial charge in [0.05, 0.1) is 5.57 Å². The van der Waals surface area contributed by atoms with Crippen molar-refractivity contribution in [2.75, 3.05) is 26.2 Å². The van der Waals surface area contributed by atoms with Crippen LogP contribution in [0.25, 0.3) is 0 Å². The second kappa shape index (κ2) is 5.96. The second-order valence-corrected chi connectivity index (χ2v) is 4.55. The lowest BCUT2D eigenvalue weighted by atomic mass is 10.1. The Morgan fingerprint density at radius 1 is 1.29 bits per heavy atom. The van der Waals surface area contributed by atoms with Crippen molar-refractivity contribution in [2.24, 2.45) is 0 Å². The second-order valence-electron chi connectivity index (χ2n) is 4.55. The first kappa shape index (κ1) is 12.3. The molecule has 2 rings (SSSR count). The van der Waals surface area contributed by atoms with Gasteiger partial charge in [-0.05, 0) is 44.8 Å². The van der Waals surface area contributed by atoms with Crippen LogP contribution in [0.15, 0.2) is 23.6 Å². The van der Waals surface area contributed by atoms with Gasteiger partial charge in [0.25, 0.3) is 5.91 Å². The van der Waals surface area contributed by atoms with E-state index in [1.54, 1.807) is 6.08 Å². The molecule has 0 spiro atoms. The summed E-state index contributed by atoms with van der Waals surface area (Å²) in [6.45, 7) is 3.70. The Bertz CT molecular complexity index is 343. The molecule has 1 fully saturated rings. The molecule has 0 aromatic carbocycles. The van der Waals surface area contributed by atoms with Gasteiger partial charge >= 0.3 is 0 Å². The molecule has 0 bridgehead atoms. The summed E-state index contributed by atoms with van der Waals surface area (Å²) in [6, 6.07) is 0. The highest BCUT2D eigenvalue weighted by atomic mass is 19.1. The van der Waals surface area contributed by atoms with Crippen molar-refractivity contribution in [3.8, 4) is 0 Å². The Balaban J connectivity index is 1.73. The molecule has 1 aliphatic carbocycles. The zero-order valence-electron chi connectivity index (χ0n) is 10.0. The van der Waals surface area contributed by atoms with Crippen molar-refractivity contribution in [1.82, 2.24) is 10.2 Å². The Labute approximate surface area is 101 Å². The van der Waals surface area contributed by atoms with E-state index in [-0.39, 0.29) is 17.3 Å². The van der Waals surface area contributed by atoms with Gasteiger partial charge in [-0.3, -0.25) is 4.79 Å². The molecule has 17 heavy (non-hydrogen) atoms. The Morgan fingerprint density at radius 3 is 2.71 bits per heavy atom. The van der Waals surface area contributed by atoms with Gasteiger partial charge in [0.15, 0.2) is 0 Å². The molecule has 0 atom stereocenters. The third-order valence-electron chi connectivity index (χ3n) is 3.25. The number of nitrogens with zero attached hydrogens (tertiary/aromatic N) is 1. The number of amides is 1. The molecule has 1 aliphatic heterocycles. The maximum Gasteiger partial charge on any atom is 0.253 e. The van der Waals surface area contributed by atoms with Crippen molar-refractivity contribution in [3.63, 3.8) is 0 Å². The van der Waals surface area contributed by atoms with Crippen LogP contribution in [0.4, 0.5) is 4.39 Å². The van der Waals surface area contributed by atoms with Gasteiger partial charge in [-0.25, -0.2) is 4.39 Å². The number of carbonyl (C=O) groups excluding carboxylic acids is 1. The molecule has 94 valence electrons. The molecule has 4 heteroatoms. The molecule has 2 aliphatic rings. The van der Waals surface area contributed by atoms with E-state index < -0.39 is 0 Å². The van der Waals surface area contributed by atoms with E-state index in [2.05, 4.69) is 10.2 Å². The summed E-state index contributed by atoms with van der Waals surface area (Å²) in [5.74, 6) is -0.660. The van der Waals surface area contributed by atoms with E-state index in [0.29, 0.717) is 13.0 Å². The summed E-state index contributed by atoms with van der Waals surface area (Å²) in [4.78, 5) is 14.0. The average molecular weight is 238 g/mol. The predicted octanol–water partition coefficient (Wildman–Crippen LogP) is 1.77. The zero-order valence-corrected chi connectivity index (χ0v) is 10.0. The standard InChI is InChI=1S/C13H19FN2O/c14-12-6-2-1-5-11(12)13(17)15-7-10-16-8-3-4-9-16/h5-6H,1-4,7-10H2,(H,15,17). The van der Waals surface area contributed by atoms with E-state index in [9.17, 15) is 9.18 Å². The van der Waals surface area contributed by atoms with E-state index in [4.69, 9.17) is 0 Å². The largest absolute Gasteiger partial charge is 0.351 e. The van der Waals surface area contributed by atoms with Gasteiger partial charge < -0.3 is 10.2 Å². The summed E-state index contributed by atoms with van der Waals surface area (Å²) < 4.78 is 13.3. The molecule has 0 aromatic heterocycles. The van der Waals surface area contributed by atoms with Gasteiger partial charge in [-0.2, -0.15) is 0 Å². The zero-order chi connectivity index (χ0) is 12.1. The SMILES string of the molecule is O=C(NCCN1CCCC1)C1=CCCC=C1F. The molecular formula is C13H19FN2O. The summed E-state index contributed by atoms with van der Waals surface area (Å²) in [5, 5.41) is 2.78. The Kier molecular flexibility index (Phi) is 4.31. The number of hydrogen-bond donors (Lipinski definition) is 1. The minimum absolute atomic E-state index is 0.206. The summed E-state index contributed by atoms with van der Waals surface area (Å²) in [6.07, 6.45) is 7.10. The van der Waals surface area contributed by atoms with Crippen LogP contribution in [0.5, 0.6) is 0 Å². The van der Waals surface area contributed by atoms with Gasteiger partial charge in [0, 0.05) is 13.1 Å². The molecule has 0 radical (unpaired) electrons. The maximum atomic E-state index is 13.3. The molecule has 1 amide bonds. The van der Waals surface area contributed by atoms with E-state index in [1.165, 1.54) is 18.9 Å². The van der Waals surface area contributed by atoms with Crippen LogP contribution in [-0.2, 0) is 4.79 Å². The van der Waals surface area contributed by atoms with E-state index >= 15 is 0 Å². The smallest absolute Gasteiger partial charge is 0.253 e. The summed E-state index contributed by atoms with van der Waals surface area (Å²) >= 11 is 0. The fourth-order valence-corrected chi connectivity index (χ4v) is 2.28. The van der Waals surface area contributed by atoms with Crippen LogP contribution in [0.3, 0.4) is 0 Å². The lowest BCUT2D eigenvalue weighted by Gasteiger charge is -2.15. The molecule has 0 unspecified atom stereocenters. The normalized spacial score (nSPS) is 21.0. The molecule has 1 saturated heterocycles. The summed E-state index contributed by atoms with van der Waals surface area (Å²) in [7, 11) is 0. The predicted molar refractivity (Wildman–Crippen MR) is 65.2 cm³/mol. The number of nitrogens with one attached hydrogen (secondary N) is 1. The third-order valence-corrected chi connectivity index (χ3v) is 3.25. The van der Waals surface area contributed by atoms with Crippen LogP contribution in [0.1, 0.15) is 25.7 Å². The first-order chi connectivity index (χ1) is 8.27. The summed E-state index contributed by atoms with van der Waals surface area (Å²) in [5.41, 5.74) is 0.206. The number of carbonyl (C=O) groups is 1. The molecule has 0 aromatic rings. The van der Waals surface area contributed by atoms with Crippen molar-refractivity contribution < 1.29 is 9.18 Å². The van der Waals surface area contributed by atoms with Crippen molar-refractivity contribution in [3.05, 3.63) is 23.6 Å². The van der Waals surface area contributed by atoms with Gasteiger partial charge in [-0.1, -0.05) is 6.08 Å². The van der Waals surface area contributed by atoms with Gasteiger partial charge in [-0.15, -0.1) is 0 Å². The van der Waals surface area contributed by atoms with Crippen molar-refractivity contribution in [2.45, 2.75) is 25.7 Å². The van der Waals surface area contributed by atoms with E-state index in [1.807, 2.05) is 0 Å². The Morgan fingerprint density at radius 2 is 2.00 bits per heavy atom. The minimum atomic E-state index is -0.380. The number of halogens is 1. The molecule has 1 heterocycles. The van der Waals surface area contributed by atoms with Crippen LogP contribution in [-0.4, -0.2) is 37.0 Å². The van der Waals surface area contributed by atoms with E-state index in [0.717, 1.165) is 26.1 Å². The lowest BCUT2D eigenvalue weighted by Crippen LogP contribution is -2.34. The number of allylic oxidation sites excluding steroid dienone is 2. The van der Waals surface area contributed by atoms with Crippen molar-refractivity contribution in [1.29, 1.82) is 0 Å². The first-order valence-corrected chi connectivity index (χ1v) is 6.34. The number of rotatable bonds is 4. The highest BCUT2D eigenvalue weighted by Gasteiger charge is 2.17. The fraction of sp³-hybridized carbons (Fsp3) is 0.615. The molecule has 3 nitrogen and oxygen atoms in total. The Hall–Kier alpha value is -1.16. The molecule has 1 N–H and O–H groups in total. The highest BCUT2D eigenvalue weighted by molar-refractivity contribution is 5.97. The topological polar surface area (TPSA) is 32.3 Å². The molecular weight excluding hydrogens is 219 g/mol. The lowest BCUT2D eigenvalue weighted by molar-refractivity contribution is -0.117. The van der Waals surface area contributed by atoms with Crippen molar-refractivity contribution >= 4 is 5.91 Å². The van der Waals surface area contributed by atoms with Gasteiger partial charge in [0.2, 0.25) is 0 Å². The number of likely N-dealkylation sites (tertiary alicyclic amines) is 1. The van der Waals surface area contributed by atoms with Crippen LogP contribution in [0, 0.1) is 0 Å². The van der Waals surface area contributed by atoms with Crippen LogP contribution < -0.4 is 5.32 Å².